The van der Waals surface area contributed by atoms with Crippen molar-refractivity contribution in [3.05, 3.63) is 36.1 Å². The number of para-hydroxylation sites is 1. The molecule has 1 saturated heterocycles. The number of aliphatic carboxylic acids is 1. The van der Waals surface area contributed by atoms with E-state index in [0.29, 0.717) is 13.1 Å². The molecule has 1 aromatic carbocycles. The Bertz CT molecular complexity index is 557. The fourth-order valence-corrected chi connectivity index (χ4v) is 2.74. The minimum Gasteiger partial charge on any atom is -0.481 e. The van der Waals surface area contributed by atoms with Crippen LogP contribution in [0.3, 0.4) is 0 Å². The van der Waals surface area contributed by atoms with Crippen molar-refractivity contribution in [3.63, 3.8) is 0 Å². The summed E-state index contributed by atoms with van der Waals surface area (Å²) in [5.74, 6) is -0.0142. The minimum atomic E-state index is -0.686. The van der Waals surface area contributed by atoms with Crippen molar-refractivity contribution in [3.8, 4) is 0 Å². The third-order valence-electron chi connectivity index (χ3n) is 3.71. The van der Waals surface area contributed by atoms with Gasteiger partial charge in [-0.3, -0.25) is 9.69 Å². The Hall–Kier alpha value is -1.81. The second-order valence-corrected chi connectivity index (χ2v) is 5.16. The Kier molecular flexibility index (Phi) is 3.25. The zero-order valence-electron chi connectivity index (χ0n) is 10.7. The third-order valence-corrected chi connectivity index (χ3v) is 3.71. The van der Waals surface area contributed by atoms with Gasteiger partial charge in [0.25, 0.3) is 0 Å². The number of fused-ring (bicyclic) bond motifs is 1. The van der Waals surface area contributed by atoms with Crippen LogP contribution in [0.2, 0.25) is 0 Å². The normalized spacial score (nSPS) is 20.7. The standard InChI is InChI=1S/C15H17NO3/c17-15(18)12-5-3-7-16(9-12)10-13-8-11-4-1-2-6-14(11)19-13/h1-2,4,6,8,12H,3,5,7,9-10H2,(H,17,18). The smallest absolute Gasteiger partial charge is 0.307 e. The van der Waals surface area contributed by atoms with Crippen molar-refractivity contribution < 1.29 is 14.3 Å². The van der Waals surface area contributed by atoms with Crippen LogP contribution in [0.5, 0.6) is 0 Å². The summed E-state index contributed by atoms with van der Waals surface area (Å²) in [6, 6.07) is 9.97. The summed E-state index contributed by atoms with van der Waals surface area (Å²) < 4.78 is 5.78. The largest absolute Gasteiger partial charge is 0.481 e. The third kappa shape index (κ3) is 2.63. The highest BCUT2D eigenvalue weighted by atomic mass is 16.4. The molecule has 0 bridgehead atoms. The number of furan rings is 1. The maximum atomic E-state index is 11.0. The van der Waals surface area contributed by atoms with Crippen LogP contribution < -0.4 is 0 Å². The average molecular weight is 259 g/mol. The van der Waals surface area contributed by atoms with Gasteiger partial charge in [-0.25, -0.2) is 0 Å². The predicted octanol–water partition coefficient (Wildman–Crippen LogP) is 2.73. The van der Waals surface area contributed by atoms with E-state index in [1.807, 2.05) is 30.3 Å². The van der Waals surface area contributed by atoms with Gasteiger partial charge in [-0.2, -0.15) is 0 Å². The number of carbonyl (C=O) groups is 1. The fraction of sp³-hybridized carbons (Fsp3) is 0.400. The molecule has 4 nitrogen and oxygen atoms in total. The Morgan fingerprint density at radius 3 is 3.05 bits per heavy atom. The van der Waals surface area contributed by atoms with Crippen molar-refractivity contribution in [1.82, 2.24) is 4.90 Å². The van der Waals surface area contributed by atoms with E-state index in [4.69, 9.17) is 9.52 Å². The molecule has 1 unspecified atom stereocenters. The van der Waals surface area contributed by atoms with E-state index < -0.39 is 5.97 Å². The number of benzene rings is 1. The molecule has 0 amide bonds. The molecule has 1 aromatic heterocycles. The van der Waals surface area contributed by atoms with Crippen molar-refractivity contribution in [2.45, 2.75) is 19.4 Å². The fourth-order valence-electron chi connectivity index (χ4n) is 2.74. The second kappa shape index (κ2) is 5.05. The number of likely N-dealkylation sites (tertiary alicyclic amines) is 1. The maximum absolute atomic E-state index is 11.0. The van der Waals surface area contributed by atoms with E-state index in [2.05, 4.69) is 4.90 Å². The summed E-state index contributed by atoms with van der Waals surface area (Å²) >= 11 is 0. The van der Waals surface area contributed by atoms with Gasteiger partial charge in [0.05, 0.1) is 12.5 Å². The molecule has 0 aliphatic carbocycles. The first kappa shape index (κ1) is 12.2. The lowest BCUT2D eigenvalue weighted by molar-refractivity contribution is -0.143. The molecule has 0 radical (unpaired) electrons. The van der Waals surface area contributed by atoms with Gasteiger partial charge in [-0.15, -0.1) is 0 Å². The molecular weight excluding hydrogens is 242 g/mol. The van der Waals surface area contributed by atoms with Gasteiger partial charge in [0.15, 0.2) is 0 Å². The number of piperidine rings is 1. The Balaban J connectivity index is 1.72. The van der Waals surface area contributed by atoms with Gasteiger partial charge < -0.3 is 9.52 Å². The monoisotopic (exact) mass is 259 g/mol. The number of nitrogens with zero attached hydrogens (tertiary/aromatic N) is 1. The molecule has 2 heterocycles. The Labute approximate surface area is 111 Å². The topological polar surface area (TPSA) is 53.7 Å². The maximum Gasteiger partial charge on any atom is 0.307 e. The van der Waals surface area contributed by atoms with Crippen LogP contribution in [-0.2, 0) is 11.3 Å². The molecule has 100 valence electrons. The van der Waals surface area contributed by atoms with Crippen LogP contribution in [0, 0.1) is 5.92 Å². The van der Waals surface area contributed by atoms with Crippen LogP contribution in [0.4, 0.5) is 0 Å². The first-order valence-corrected chi connectivity index (χ1v) is 6.65. The van der Waals surface area contributed by atoms with E-state index in [1.165, 1.54) is 0 Å². The van der Waals surface area contributed by atoms with Crippen molar-refractivity contribution in [1.29, 1.82) is 0 Å². The zero-order chi connectivity index (χ0) is 13.2. The van der Waals surface area contributed by atoms with Crippen LogP contribution in [0.1, 0.15) is 18.6 Å². The van der Waals surface area contributed by atoms with Gasteiger partial charge >= 0.3 is 5.97 Å². The summed E-state index contributed by atoms with van der Waals surface area (Å²) in [5.41, 5.74) is 0.893. The highest BCUT2D eigenvalue weighted by Crippen LogP contribution is 2.23. The highest BCUT2D eigenvalue weighted by Gasteiger charge is 2.25. The Morgan fingerprint density at radius 1 is 1.42 bits per heavy atom. The van der Waals surface area contributed by atoms with Gasteiger partial charge in [-0.05, 0) is 31.5 Å². The van der Waals surface area contributed by atoms with Crippen molar-refractivity contribution >= 4 is 16.9 Å². The lowest BCUT2D eigenvalue weighted by Gasteiger charge is -2.29. The van der Waals surface area contributed by atoms with E-state index >= 15 is 0 Å². The van der Waals surface area contributed by atoms with Crippen molar-refractivity contribution in [2.24, 2.45) is 5.92 Å². The molecule has 1 aliphatic heterocycles. The molecule has 0 saturated carbocycles. The molecule has 19 heavy (non-hydrogen) atoms. The number of hydrogen-bond donors (Lipinski definition) is 1. The van der Waals surface area contributed by atoms with E-state index in [0.717, 1.165) is 36.1 Å². The van der Waals surface area contributed by atoms with Gasteiger partial charge in [0.1, 0.15) is 11.3 Å². The number of rotatable bonds is 3. The van der Waals surface area contributed by atoms with Crippen LogP contribution >= 0.6 is 0 Å². The lowest BCUT2D eigenvalue weighted by Crippen LogP contribution is -2.38. The second-order valence-electron chi connectivity index (χ2n) is 5.16. The molecule has 3 rings (SSSR count). The summed E-state index contributed by atoms with van der Waals surface area (Å²) in [7, 11) is 0. The number of carboxylic acids is 1. The summed E-state index contributed by atoms with van der Waals surface area (Å²) in [5, 5.41) is 10.2. The van der Waals surface area contributed by atoms with Gasteiger partial charge in [-0.1, -0.05) is 18.2 Å². The Morgan fingerprint density at radius 2 is 2.26 bits per heavy atom. The molecule has 1 atom stereocenters. The quantitative estimate of drug-likeness (QED) is 0.920. The van der Waals surface area contributed by atoms with Crippen LogP contribution in [0.25, 0.3) is 11.0 Å². The zero-order valence-corrected chi connectivity index (χ0v) is 10.7. The van der Waals surface area contributed by atoms with Crippen molar-refractivity contribution in [2.75, 3.05) is 13.1 Å². The molecule has 0 spiro atoms. The predicted molar refractivity (Wildman–Crippen MR) is 71.9 cm³/mol. The summed E-state index contributed by atoms with van der Waals surface area (Å²) in [6.07, 6.45) is 1.73. The summed E-state index contributed by atoms with van der Waals surface area (Å²) in [6.45, 7) is 2.26. The number of carboxylic acid groups (broad SMARTS) is 1. The summed E-state index contributed by atoms with van der Waals surface area (Å²) in [4.78, 5) is 13.2. The van der Waals surface area contributed by atoms with E-state index in [9.17, 15) is 4.79 Å². The first-order valence-electron chi connectivity index (χ1n) is 6.65. The van der Waals surface area contributed by atoms with Crippen LogP contribution in [-0.4, -0.2) is 29.1 Å². The van der Waals surface area contributed by atoms with Gasteiger partial charge in [0, 0.05) is 11.9 Å². The number of hydrogen-bond acceptors (Lipinski definition) is 3. The highest BCUT2D eigenvalue weighted by molar-refractivity contribution is 5.77. The first-order chi connectivity index (χ1) is 9.22. The molecular formula is C15H17NO3. The minimum absolute atomic E-state index is 0.238. The SMILES string of the molecule is O=C(O)C1CCCN(Cc2cc3ccccc3o2)C1. The molecule has 4 heteroatoms. The molecule has 1 aliphatic rings. The lowest BCUT2D eigenvalue weighted by atomic mass is 9.98. The average Bonchev–Trinajstić information content (AvgIpc) is 2.81. The molecule has 1 N–H and O–H groups in total. The van der Waals surface area contributed by atoms with Crippen LogP contribution in [0.15, 0.2) is 34.7 Å². The van der Waals surface area contributed by atoms with Gasteiger partial charge in [0.2, 0.25) is 0 Å². The molecule has 2 aromatic rings. The van der Waals surface area contributed by atoms with E-state index in [1.54, 1.807) is 0 Å². The van der Waals surface area contributed by atoms with E-state index in [-0.39, 0.29) is 5.92 Å². The molecule has 1 fully saturated rings.